The molecule has 0 fully saturated rings. The second kappa shape index (κ2) is 9.89. The Balaban J connectivity index is 0. The molecule has 0 aromatic heterocycles. The summed E-state index contributed by atoms with van der Waals surface area (Å²) in [5.41, 5.74) is 15.9. The highest BCUT2D eigenvalue weighted by atomic mass is 16.4. The summed E-state index contributed by atoms with van der Waals surface area (Å²) in [5.74, 6) is -0.910. The third kappa shape index (κ3) is 11.3. The van der Waals surface area contributed by atoms with Gasteiger partial charge in [0.05, 0.1) is 0 Å². The summed E-state index contributed by atoms with van der Waals surface area (Å²) in [7, 11) is 0. The van der Waals surface area contributed by atoms with Gasteiger partial charge in [-0.15, -0.1) is 0 Å². The lowest BCUT2D eigenvalue weighted by atomic mass is 10.1. The second-order valence-corrected chi connectivity index (χ2v) is 3.89. The van der Waals surface area contributed by atoms with Crippen molar-refractivity contribution in [1.82, 2.24) is 0 Å². The van der Waals surface area contributed by atoms with Crippen molar-refractivity contribution in [2.24, 2.45) is 23.1 Å². The minimum absolute atomic E-state index is 0.0208. The Morgan fingerprint density at radius 3 is 1.87 bits per heavy atom. The molecule has 0 aromatic rings. The van der Waals surface area contributed by atoms with Crippen LogP contribution in [-0.4, -0.2) is 29.7 Å². The lowest BCUT2D eigenvalue weighted by molar-refractivity contribution is -0.139. The van der Waals surface area contributed by atoms with Crippen LogP contribution in [0.4, 0.5) is 0 Å². The van der Waals surface area contributed by atoms with E-state index in [1.807, 2.05) is 0 Å². The molecule has 0 rings (SSSR count). The summed E-state index contributed by atoms with van der Waals surface area (Å²) in [5, 5.41) is 8.23. The second-order valence-electron chi connectivity index (χ2n) is 3.89. The van der Waals surface area contributed by atoms with E-state index in [-0.39, 0.29) is 12.0 Å². The first-order valence-corrected chi connectivity index (χ1v) is 5.30. The smallest absolute Gasteiger partial charge is 0.320 e. The Morgan fingerprint density at radius 1 is 1.33 bits per heavy atom. The van der Waals surface area contributed by atoms with Crippen LogP contribution >= 0.6 is 0 Å². The van der Waals surface area contributed by atoms with Crippen molar-refractivity contribution >= 4 is 5.97 Å². The number of nitrogens with two attached hydrogens (primary N) is 3. The molecule has 0 aromatic carbocycles. The predicted octanol–water partition coefficient (Wildman–Crippen LogP) is 0.127. The van der Waals surface area contributed by atoms with E-state index in [4.69, 9.17) is 22.3 Å². The van der Waals surface area contributed by atoms with E-state index < -0.39 is 12.0 Å². The van der Waals surface area contributed by atoms with Crippen LogP contribution in [0.1, 0.15) is 33.6 Å². The molecular weight excluding hydrogens is 194 g/mol. The zero-order chi connectivity index (χ0) is 12.4. The highest BCUT2D eigenvalue weighted by molar-refractivity contribution is 5.73. The quantitative estimate of drug-likeness (QED) is 0.524. The summed E-state index contributed by atoms with van der Waals surface area (Å²) in [4.78, 5) is 10.0. The lowest BCUT2D eigenvalue weighted by Crippen LogP contribution is -2.34. The first kappa shape index (κ1) is 16.8. The van der Waals surface area contributed by atoms with Crippen LogP contribution in [0.25, 0.3) is 0 Å². The van der Waals surface area contributed by atoms with Gasteiger partial charge in [0.1, 0.15) is 6.04 Å². The summed E-state index contributed by atoms with van der Waals surface area (Å²) in [6, 6.07) is -0.486. The number of rotatable bonds is 5. The van der Waals surface area contributed by atoms with Gasteiger partial charge in [0.2, 0.25) is 0 Å². The van der Waals surface area contributed by atoms with Crippen molar-refractivity contribution in [3.8, 4) is 0 Å². The molecule has 0 aliphatic carbocycles. The molecule has 0 radical (unpaired) electrons. The highest BCUT2D eigenvalue weighted by Gasteiger charge is 2.14. The Kier molecular flexibility index (Phi) is 11.1. The van der Waals surface area contributed by atoms with E-state index in [0.717, 1.165) is 12.8 Å². The SMILES string of the molecule is CC(C)[C@H](N)C(=O)O.CCC[C@H](N)CN. The van der Waals surface area contributed by atoms with Crippen LogP contribution < -0.4 is 17.2 Å². The van der Waals surface area contributed by atoms with E-state index >= 15 is 0 Å². The zero-order valence-corrected chi connectivity index (χ0v) is 9.94. The molecule has 0 saturated carbocycles. The van der Waals surface area contributed by atoms with E-state index in [9.17, 15) is 4.79 Å². The summed E-state index contributed by atoms with van der Waals surface area (Å²) >= 11 is 0. The number of aliphatic carboxylic acids is 1. The van der Waals surface area contributed by atoms with Crippen molar-refractivity contribution < 1.29 is 9.90 Å². The van der Waals surface area contributed by atoms with Crippen molar-refractivity contribution in [2.45, 2.75) is 45.7 Å². The van der Waals surface area contributed by atoms with Gasteiger partial charge in [-0.25, -0.2) is 0 Å². The van der Waals surface area contributed by atoms with Crippen LogP contribution in [-0.2, 0) is 4.79 Å². The van der Waals surface area contributed by atoms with E-state index in [1.165, 1.54) is 0 Å². The average Bonchev–Trinajstić information content (AvgIpc) is 2.17. The Hall–Kier alpha value is -0.650. The van der Waals surface area contributed by atoms with E-state index in [1.54, 1.807) is 13.8 Å². The molecule has 0 unspecified atom stereocenters. The molecule has 0 heterocycles. The van der Waals surface area contributed by atoms with Gasteiger partial charge in [-0.2, -0.15) is 0 Å². The maximum Gasteiger partial charge on any atom is 0.320 e. The fourth-order valence-electron chi connectivity index (χ4n) is 0.774. The molecule has 0 amide bonds. The Labute approximate surface area is 92.0 Å². The van der Waals surface area contributed by atoms with Crippen LogP contribution in [0.5, 0.6) is 0 Å². The lowest BCUT2D eigenvalue weighted by Gasteiger charge is -2.07. The average molecular weight is 219 g/mol. The van der Waals surface area contributed by atoms with Crippen LogP contribution in [0, 0.1) is 5.92 Å². The molecule has 7 N–H and O–H groups in total. The van der Waals surface area contributed by atoms with Gasteiger partial charge in [-0.05, 0) is 12.3 Å². The maximum atomic E-state index is 10.0. The van der Waals surface area contributed by atoms with Gasteiger partial charge in [-0.3, -0.25) is 4.79 Å². The fraction of sp³-hybridized carbons (Fsp3) is 0.900. The van der Waals surface area contributed by atoms with Gasteiger partial charge in [0, 0.05) is 12.6 Å². The van der Waals surface area contributed by atoms with Crippen LogP contribution in [0.2, 0.25) is 0 Å². The van der Waals surface area contributed by atoms with Crippen molar-refractivity contribution in [3.05, 3.63) is 0 Å². The molecule has 92 valence electrons. The molecule has 5 heteroatoms. The van der Waals surface area contributed by atoms with E-state index in [2.05, 4.69) is 6.92 Å². The standard InChI is InChI=1S/C5H14N2.C5H11NO2/c1-2-3-5(7)4-6;1-3(2)4(6)5(7)8/h5H,2-4,6-7H2,1H3;3-4H,6H2,1-2H3,(H,7,8)/t5-;4-/m00/s1. The molecular formula is C10H25N3O2. The molecule has 0 bridgehead atoms. The van der Waals surface area contributed by atoms with Crippen molar-refractivity contribution in [2.75, 3.05) is 6.54 Å². The first-order valence-electron chi connectivity index (χ1n) is 5.30. The van der Waals surface area contributed by atoms with Crippen molar-refractivity contribution in [1.29, 1.82) is 0 Å². The van der Waals surface area contributed by atoms with Crippen LogP contribution in [0.3, 0.4) is 0 Å². The minimum atomic E-state index is -0.931. The van der Waals surface area contributed by atoms with Gasteiger partial charge in [0.15, 0.2) is 0 Å². The fourth-order valence-corrected chi connectivity index (χ4v) is 0.774. The Bertz CT molecular complexity index is 163. The Morgan fingerprint density at radius 2 is 1.80 bits per heavy atom. The number of carboxylic acid groups (broad SMARTS) is 1. The van der Waals surface area contributed by atoms with Crippen molar-refractivity contribution in [3.63, 3.8) is 0 Å². The largest absolute Gasteiger partial charge is 0.480 e. The topological polar surface area (TPSA) is 115 Å². The van der Waals surface area contributed by atoms with E-state index in [0.29, 0.717) is 6.54 Å². The highest BCUT2D eigenvalue weighted by Crippen LogP contribution is 1.96. The summed E-state index contributed by atoms with van der Waals surface area (Å²) in [6.07, 6.45) is 2.19. The monoisotopic (exact) mass is 219 g/mol. The zero-order valence-electron chi connectivity index (χ0n) is 9.94. The molecule has 0 spiro atoms. The number of carboxylic acids is 1. The first-order chi connectivity index (χ1) is 6.86. The number of hydrogen-bond acceptors (Lipinski definition) is 4. The molecule has 5 nitrogen and oxygen atoms in total. The predicted molar refractivity (Wildman–Crippen MR) is 62.4 cm³/mol. The number of hydrogen-bond donors (Lipinski definition) is 4. The summed E-state index contributed by atoms with van der Waals surface area (Å²) in [6.45, 7) is 6.28. The number of carbonyl (C=O) groups is 1. The minimum Gasteiger partial charge on any atom is -0.480 e. The maximum absolute atomic E-state index is 10.0. The van der Waals surface area contributed by atoms with Gasteiger partial charge >= 0.3 is 5.97 Å². The third-order valence-electron chi connectivity index (χ3n) is 1.97. The normalized spacial score (nSPS) is 14.1. The molecule has 2 atom stereocenters. The molecule has 0 aliphatic rings. The van der Waals surface area contributed by atoms with Gasteiger partial charge in [-0.1, -0.05) is 27.2 Å². The third-order valence-corrected chi connectivity index (χ3v) is 1.97. The van der Waals surface area contributed by atoms with Gasteiger partial charge < -0.3 is 22.3 Å². The molecule has 15 heavy (non-hydrogen) atoms. The molecule has 0 saturated heterocycles. The molecule has 0 aliphatic heterocycles. The van der Waals surface area contributed by atoms with Crippen LogP contribution in [0.15, 0.2) is 0 Å². The summed E-state index contributed by atoms with van der Waals surface area (Å²) < 4.78 is 0. The van der Waals surface area contributed by atoms with Gasteiger partial charge in [0.25, 0.3) is 0 Å².